The second-order valence-electron chi connectivity index (χ2n) is 37.8. The Kier molecular flexibility index (Phi) is 22.1. The van der Waals surface area contributed by atoms with Gasteiger partial charge in [-0.25, -0.2) is 0 Å². The fourth-order valence-corrected chi connectivity index (χ4v) is 22.7. The highest BCUT2D eigenvalue weighted by atomic mass is 14.3. The van der Waals surface area contributed by atoms with Crippen molar-refractivity contribution in [3.05, 3.63) is 570 Å². The molecule has 0 aromatic heterocycles. The lowest BCUT2D eigenvalue weighted by Gasteiger charge is -2.20. The van der Waals surface area contributed by atoms with Gasteiger partial charge in [-0.05, 0) is 335 Å². The van der Waals surface area contributed by atoms with Crippen molar-refractivity contribution < 1.29 is 0 Å². The minimum Gasteiger partial charge on any atom is -0.0622 e. The third kappa shape index (κ3) is 15.8. The second kappa shape index (κ2) is 37.2. The summed E-state index contributed by atoms with van der Waals surface area (Å²) in [6.07, 6.45) is 0. The Balaban J connectivity index is 0.000000110. The zero-order valence-electron chi connectivity index (χ0n) is 79.3. The summed E-state index contributed by atoms with van der Waals surface area (Å²) in [6, 6.07) is 209. The average molecular weight is 1820 g/mol. The number of hydrogen-bond donors (Lipinski definition) is 0. The molecule has 0 aliphatic carbocycles. The first-order valence-electron chi connectivity index (χ1n) is 49.9. The summed E-state index contributed by atoms with van der Waals surface area (Å²) in [5.74, 6) is 0. The first kappa shape index (κ1) is 85.7. The molecule has 0 radical (unpaired) electrons. The predicted molar refractivity (Wildman–Crippen MR) is 620 cm³/mol. The van der Waals surface area contributed by atoms with Crippen LogP contribution >= 0.6 is 0 Å². The first-order chi connectivity index (χ1) is 71.4. The van der Waals surface area contributed by atoms with E-state index in [2.05, 4.69) is 570 Å². The molecule has 670 valence electrons. The molecule has 0 saturated carbocycles. The van der Waals surface area contributed by atoms with Gasteiger partial charge in [0.15, 0.2) is 0 Å². The molecule has 0 heterocycles. The van der Waals surface area contributed by atoms with Gasteiger partial charge in [-0.3, -0.25) is 0 Å². The van der Waals surface area contributed by atoms with E-state index >= 15 is 0 Å². The number of hydrogen-bond acceptors (Lipinski definition) is 0. The third-order valence-corrected chi connectivity index (χ3v) is 29.4. The summed E-state index contributed by atoms with van der Waals surface area (Å²) in [4.78, 5) is 0. The number of benzene rings is 28. The van der Waals surface area contributed by atoms with E-state index in [0.717, 1.165) is 0 Å². The van der Waals surface area contributed by atoms with Crippen LogP contribution in [0.1, 0.15) is 0 Å². The van der Waals surface area contributed by atoms with Crippen molar-refractivity contribution in [2.24, 2.45) is 0 Å². The van der Waals surface area contributed by atoms with Crippen molar-refractivity contribution in [3.8, 4) is 145 Å². The van der Waals surface area contributed by atoms with Crippen LogP contribution in [0.5, 0.6) is 0 Å². The Bertz CT molecular complexity index is 9250. The van der Waals surface area contributed by atoms with Crippen molar-refractivity contribution in [3.63, 3.8) is 0 Å². The molecule has 0 bridgehead atoms. The van der Waals surface area contributed by atoms with Crippen LogP contribution < -0.4 is 0 Å². The van der Waals surface area contributed by atoms with Crippen LogP contribution in [0.4, 0.5) is 0 Å². The molecule has 0 spiro atoms. The molecule has 0 atom stereocenters. The molecule has 0 saturated heterocycles. The van der Waals surface area contributed by atoms with Gasteiger partial charge in [0, 0.05) is 0 Å². The van der Waals surface area contributed by atoms with E-state index in [1.165, 1.54) is 274 Å². The van der Waals surface area contributed by atoms with Gasteiger partial charge >= 0.3 is 0 Å². The lowest BCUT2D eigenvalue weighted by Crippen LogP contribution is -1.93. The van der Waals surface area contributed by atoms with Crippen LogP contribution in [0.15, 0.2) is 570 Å². The highest BCUT2D eigenvalue weighted by Crippen LogP contribution is 2.53. The van der Waals surface area contributed by atoms with E-state index in [4.69, 9.17) is 0 Å². The van der Waals surface area contributed by atoms with E-state index in [1.807, 2.05) is 0 Å². The fraction of sp³-hybridized carbons (Fsp3) is 0. The zero-order chi connectivity index (χ0) is 95.3. The summed E-state index contributed by atoms with van der Waals surface area (Å²) in [6.45, 7) is 0. The molecule has 0 unspecified atom stereocenters. The minimum absolute atomic E-state index is 1.20. The molecule has 28 rings (SSSR count). The maximum absolute atomic E-state index is 2.43. The minimum atomic E-state index is 1.20. The quantitative estimate of drug-likeness (QED) is 0.101. The third-order valence-electron chi connectivity index (χ3n) is 29.4. The molecule has 0 fully saturated rings. The van der Waals surface area contributed by atoms with Gasteiger partial charge in [0.2, 0.25) is 0 Å². The molecule has 0 nitrogen and oxygen atoms in total. The fourth-order valence-electron chi connectivity index (χ4n) is 22.7. The molecule has 0 heteroatoms. The van der Waals surface area contributed by atoms with E-state index in [0.29, 0.717) is 0 Å². The van der Waals surface area contributed by atoms with Crippen molar-refractivity contribution in [2.45, 2.75) is 0 Å². The number of fused-ring (bicyclic) bond motifs is 12. The van der Waals surface area contributed by atoms with Crippen molar-refractivity contribution in [1.82, 2.24) is 0 Å². The second-order valence-corrected chi connectivity index (χ2v) is 37.8. The molecular weight excluding hydrogens is 1730 g/mol. The predicted octanol–water partition coefficient (Wildman–Crippen LogP) is 40.6. The summed E-state index contributed by atoms with van der Waals surface area (Å²) in [7, 11) is 0. The Hall–Kier alpha value is -18.7. The van der Waals surface area contributed by atoms with E-state index in [-0.39, 0.29) is 0 Å². The molecule has 0 amide bonds. The van der Waals surface area contributed by atoms with Gasteiger partial charge in [-0.15, -0.1) is 0 Å². The first-order valence-corrected chi connectivity index (χ1v) is 49.9. The molecule has 144 heavy (non-hydrogen) atoms. The van der Waals surface area contributed by atoms with Gasteiger partial charge in [-0.1, -0.05) is 510 Å². The molecule has 0 aliphatic rings. The zero-order valence-corrected chi connectivity index (χ0v) is 79.3. The molecular formula is C144H94. The average Bonchev–Trinajstić information content (AvgIpc) is 0.729. The van der Waals surface area contributed by atoms with Crippen LogP contribution in [-0.2, 0) is 0 Å². The van der Waals surface area contributed by atoms with Crippen LogP contribution in [-0.4, -0.2) is 0 Å². The van der Waals surface area contributed by atoms with E-state index < -0.39 is 0 Å². The highest BCUT2D eigenvalue weighted by molar-refractivity contribution is 6.28. The SMILES string of the molecule is c1ccc(-c2c3ccc(-c4ccc5ccccc5c4)cc3c(-c3ccccc3)c3ccc(-c4ccc5ccccc5c4)cc23)cc1.c1ccc(-c2c3ccccc3c(-c3ccccc3)c3cc(-c4ccc5c(-c6ccccc6)c6ccccc6c(-c6ccccc6)c5c4)ccc23)cc1.c1ccc(-c2ccc3c(-c4ccc5ccccc5c4)c4cc(-c5ccccc5)ccc4c(-c4ccc5ccccc5c4)c3c2)cc1. The van der Waals surface area contributed by atoms with Crippen LogP contribution in [0, 0.1) is 0 Å². The van der Waals surface area contributed by atoms with Gasteiger partial charge in [0.1, 0.15) is 0 Å². The van der Waals surface area contributed by atoms with E-state index in [9.17, 15) is 0 Å². The lowest BCUT2D eigenvalue weighted by atomic mass is 9.83. The number of rotatable bonds is 13. The van der Waals surface area contributed by atoms with Gasteiger partial charge in [0.05, 0.1) is 0 Å². The van der Waals surface area contributed by atoms with Crippen molar-refractivity contribution in [2.75, 3.05) is 0 Å². The van der Waals surface area contributed by atoms with Crippen LogP contribution in [0.2, 0.25) is 0 Å². The maximum Gasteiger partial charge on any atom is -0.00259 e. The highest BCUT2D eigenvalue weighted by Gasteiger charge is 2.26. The standard InChI is InChI=1S/C52H34.2C46H30/c1-5-17-35(18-6-1)49-41-25-13-15-27-43(41)51(37-21-9-3-10-22-37)47-33-39(29-31-45(47)49)40-30-32-46-48(34-40)52(38-23-11-4-12-24-38)44-28-16-14-26-42(44)50(46)36-19-7-2-8-20-36;1-3-13-33(14-4-1)45-41-25-23-40(38-22-20-32-12-8-10-18-36(32)28-38)30-44(41)46(34-15-5-2-6-16-34)42-26-24-39(29-43(42)45)37-21-19-31-11-7-9-17-35(31)27-37;1-3-11-31(12-4-1)37-23-25-41-43(29-37)45(39-21-19-33-15-7-9-17-35(33)27-39)42-26-24-38(32-13-5-2-6-14-32)30-44(42)46(41)40-22-20-34-16-8-10-18-36(34)28-40/h1-34H;2*1-30H. The van der Waals surface area contributed by atoms with Gasteiger partial charge in [-0.2, -0.15) is 0 Å². The Morgan fingerprint density at radius 1 is 0.0625 bits per heavy atom. The summed E-state index contributed by atoms with van der Waals surface area (Å²) in [5, 5.41) is 30.2. The summed E-state index contributed by atoms with van der Waals surface area (Å²) >= 11 is 0. The van der Waals surface area contributed by atoms with Crippen LogP contribution in [0.25, 0.3) is 274 Å². The van der Waals surface area contributed by atoms with Gasteiger partial charge < -0.3 is 0 Å². The lowest BCUT2D eigenvalue weighted by molar-refractivity contribution is 1.63. The summed E-state index contributed by atoms with van der Waals surface area (Å²) in [5.41, 5.74) is 32.2. The Morgan fingerprint density at radius 2 is 0.194 bits per heavy atom. The van der Waals surface area contributed by atoms with Crippen molar-refractivity contribution in [1.29, 1.82) is 0 Å². The monoisotopic (exact) mass is 1820 g/mol. The molecule has 28 aromatic rings. The molecule has 28 aromatic carbocycles. The van der Waals surface area contributed by atoms with Crippen LogP contribution in [0.3, 0.4) is 0 Å². The normalized spacial score (nSPS) is 11.5. The van der Waals surface area contributed by atoms with Gasteiger partial charge in [0.25, 0.3) is 0 Å². The Labute approximate surface area is 837 Å². The van der Waals surface area contributed by atoms with Crippen molar-refractivity contribution >= 4 is 129 Å². The molecule has 0 N–H and O–H groups in total. The Morgan fingerprint density at radius 3 is 0.410 bits per heavy atom. The summed E-state index contributed by atoms with van der Waals surface area (Å²) < 4.78 is 0. The van der Waals surface area contributed by atoms with E-state index in [1.54, 1.807) is 0 Å². The topological polar surface area (TPSA) is 0 Å². The smallest absolute Gasteiger partial charge is 0.00259 e. The largest absolute Gasteiger partial charge is 0.0622 e. The maximum atomic E-state index is 2.43. The molecule has 0 aliphatic heterocycles.